The molecule has 2 aliphatic rings. The normalized spacial score (nSPS) is 18.2. The number of hydrogen-bond donors (Lipinski definition) is 2. The van der Waals surface area contributed by atoms with E-state index in [9.17, 15) is 9.90 Å². The van der Waals surface area contributed by atoms with Gasteiger partial charge in [0.15, 0.2) is 0 Å². The molecule has 0 atom stereocenters. The molecule has 2 saturated heterocycles. The molecule has 166 valence electrons. The van der Waals surface area contributed by atoms with Crippen LogP contribution in [0.4, 0.5) is 11.4 Å². The van der Waals surface area contributed by atoms with Crippen LogP contribution < -0.4 is 10.2 Å². The molecule has 7 nitrogen and oxygen atoms in total. The fourth-order valence-electron chi connectivity index (χ4n) is 4.33. The van der Waals surface area contributed by atoms with Gasteiger partial charge in [-0.2, -0.15) is 0 Å². The number of rotatable bonds is 6. The molecule has 0 saturated carbocycles. The molecule has 1 amide bonds. The molecule has 4 rings (SSSR count). The second kappa shape index (κ2) is 10.1. The van der Waals surface area contributed by atoms with Crippen molar-refractivity contribution in [2.24, 2.45) is 0 Å². The number of hydrogen-bond acceptors (Lipinski definition) is 6. The van der Waals surface area contributed by atoms with E-state index in [1.807, 2.05) is 18.2 Å². The van der Waals surface area contributed by atoms with E-state index in [4.69, 9.17) is 4.74 Å². The fraction of sp³-hybridized carbons (Fsp3) is 0.458. The van der Waals surface area contributed by atoms with Gasteiger partial charge in [0.05, 0.1) is 18.9 Å². The van der Waals surface area contributed by atoms with Gasteiger partial charge in [0, 0.05) is 70.5 Å². The van der Waals surface area contributed by atoms with E-state index in [1.165, 1.54) is 6.92 Å². The van der Waals surface area contributed by atoms with Crippen LogP contribution in [0.1, 0.15) is 6.92 Å². The number of aromatic hydroxyl groups is 1. The van der Waals surface area contributed by atoms with Crippen LogP contribution in [-0.2, 0) is 9.53 Å². The van der Waals surface area contributed by atoms with Crippen LogP contribution in [0.3, 0.4) is 0 Å². The summed E-state index contributed by atoms with van der Waals surface area (Å²) in [4.78, 5) is 19.0. The minimum atomic E-state index is -0.156. The van der Waals surface area contributed by atoms with Gasteiger partial charge in [-0.1, -0.05) is 18.2 Å². The quantitative estimate of drug-likeness (QED) is 0.743. The van der Waals surface area contributed by atoms with E-state index >= 15 is 0 Å². The molecule has 2 aliphatic heterocycles. The number of amides is 1. The highest BCUT2D eigenvalue weighted by molar-refractivity contribution is 5.96. The molecule has 2 N–H and O–H groups in total. The van der Waals surface area contributed by atoms with Crippen LogP contribution in [0.15, 0.2) is 42.5 Å². The minimum Gasteiger partial charge on any atom is -0.507 e. The summed E-state index contributed by atoms with van der Waals surface area (Å²) in [5, 5.41) is 13.3. The van der Waals surface area contributed by atoms with Crippen LogP contribution in [0, 0.1) is 0 Å². The van der Waals surface area contributed by atoms with Gasteiger partial charge in [0.2, 0.25) is 5.91 Å². The topological polar surface area (TPSA) is 68.3 Å². The molecule has 0 unspecified atom stereocenters. The Morgan fingerprint density at radius 3 is 2.35 bits per heavy atom. The van der Waals surface area contributed by atoms with Crippen molar-refractivity contribution >= 4 is 17.3 Å². The first-order valence-corrected chi connectivity index (χ1v) is 11.1. The number of carbonyl (C=O) groups excluding carboxylic acids is 1. The average molecular weight is 425 g/mol. The van der Waals surface area contributed by atoms with Gasteiger partial charge < -0.3 is 20.1 Å². The SMILES string of the molecule is CC(=O)Nc1cccc(O)c1-c1cccc(N2CCN(CCN3CCOCC3)CC2)c1. The zero-order chi connectivity index (χ0) is 21.6. The summed E-state index contributed by atoms with van der Waals surface area (Å²) in [7, 11) is 0. The van der Waals surface area contributed by atoms with Gasteiger partial charge in [-0.3, -0.25) is 14.6 Å². The summed E-state index contributed by atoms with van der Waals surface area (Å²) in [6.45, 7) is 11.5. The van der Waals surface area contributed by atoms with Crippen LogP contribution in [0.2, 0.25) is 0 Å². The first kappa shape index (κ1) is 21.6. The third-order valence-corrected chi connectivity index (χ3v) is 6.06. The second-order valence-corrected chi connectivity index (χ2v) is 8.21. The maximum Gasteiger partial charge on any atom is 0.221 e. The lowest BCUT2D eigenvalue weighted by molar-refractivity contribution is -0.114. The summed E-state index contributed by atoms with van der Waals surface area (Å²) in [5.74, 6) is 0.00698. The zero-order valence-electron chi connectivity index (χ0n) is 18.2. The smallest absolute Gasteiger partial charge is 0.221 e. The van der Waals surface area contributed by atoms with Gasteiger partial charge >= 0.3 is 0 Å². The molecular formula is C24H32N4O3. The number of ether oxygens (including phenoxy) is 1. The molecule has 2 heterocycles. The summed E-state index contributed by atoms with van der Waals surface area (Å²) in [6.07, 6.45) is 0. The number of nitrogens with zero attached hydrogens (tertiary/aromatic N) is 3. The summed E-state index contributed by atoms with van der Waals surface area (Å²) < 4.78 is 5.43. The Morgan fingerprint density at radius 1 is 0.968 bits per heavy atom. The Kier molecular flexibility index (Phi) is 7.06. The van der Waals surface area contributed by atoms with E-state index in [1.54, 1.807) is 12.1 Å². The van der Waals surface area contributed by atoms with E-state index < -0.39 is 0 Å². The van der Waals surface area contributed by atoms with E-state index in [0.29, 0.717) is 11.3 Å². The van der Waals surface area contributed by atoms with E-state index in [2.05, 4.69) is 32.1 Å². The predicted molar refractivity (Wildman–Crippen MR) is 124 cm³/mol. The van der Waals surface area contributed by atoms with Gasteiger partial charge in [-0.15, -0.1) is 0 Å². The number of morpholine rings is 1. The number of phenols is 1. The molecule has 2 aromatic rings. The number of benzene rings is 2. The third-order valence-electron chi connectivity index (χ3n) is 6.06. The first-order chi connectivity index (χ1) is 15.1. The Hall–Kier alpha value is -2.61. The van der Waals surface area contributed by atoms with Crippen molar-refractivity contribution in [2.45, 2.75) is 6.92 Å². The van der Waals surface area contributed by atoms with E-state index in [0.717, 1.165) is 76.8 Å². The molecule has 0 spiro atoms. The number of nitrogens with one attached hydrogen (secondary N) is 1. The standard InChI is InChI=1S/C24H32N4O3/c1-19(29)25-22-6-3-7-23(30)24(22)20-4-2-5-21(18-20)28-12-10-26(11-13-28)8-9-27-14-16-31-17-15-27/h2-7,18,30H,8-17H2,1H3,(H,25,29). The lowest BCUT2D eigenvalue weighted by Crippen LogP contribution is -2.49. The fourth-order valence-corrected chi connectivity index (χ4v) is 4.33. The Labute approximate surface area is 184 Å². The molecular weight excluding hydrogens is 392 g/mol. The van der Waals surface area contributed by atoms with Gasteiger partial charge in [0.1, 0.15) is 5.75 Å². The summed E-state index contributed by atoms with van der Waals surface area (Å²) in [5.41, 5.74) is 3.32. The third kappa shape index (κ3) is 5.55. The van der Waals surface area contributed by atoms with Crippen LogP contribution in [0.5, 0.6) is 5.75 Å². The first-order valence-electron chi connectivity index (χ1n) is 11.1. The maximum absolute atomic E-state index is 11.6. The highest BCUT2D eigenvalue weighted by atomic mass is 16.5. The average Bonchev–Trinajstić information content (AvgIpc) is 2.79. The second-order valence-electron chi connectivity index (χ2n) is 8.21. The molecule has 31 heavy (non-hydrogen) atoms. The van der Waals surface area contributed by atoms with Crippen molar-refractivity contribution in [3.63, 3.8) is 0 Å². The van der Waals surface area contributed by atoms with Crippen molar-refractivity contribution in [3.8, 4) is 16.9 Å². The molecule has 0 radical (unpaired) electrons. The summed E-state index contributed by atoms with van der Waals surface area (Å²) in [6, 6.07) is 13.4. The summed E-state index contributed by atoms with van der Waals surface area (Å²) >= 11 is 0. The lowest BCUT2D eigenvalue weighted by Gasteiger charge is -2.37. The van der Waals surface area contributed by atoms with Gasteiger partial charge in [-0.25, -0.2) is 0 Å². The van der Waals surface area contributed by atoms with Crippen molar-refractivity contribution in [3.05, 3.63) is 42.5 Å². The van der Waals surface area contributed by atoms with Crippen molar-refractivity contribution in [2.75, 3.05) is 75.8 Å². The molecule has 2 fully saturated rings. The number of piperazine rings is 1. The van der Waals surface area contributed by atoms with Crippen molar-refractivity contribution < 1.29 is 14.6 Å². The van der Waals surface area contributed by atoms with E-state index in [-0.39, 0.29) is 11.7 Å². The highest BCUT2D eigenvalue weighted by Gasteiger charge is 2.20. The van der Waals surface area contributed by atoms with Crippen molar-refractivity contribution in [1.29, 1.82) is 0 Å². The Bertz CT molecular complexity index is 890. The number of carbonyl (C=O) groups is 1. The highest BCUT2D eigenvalue weighted by Crippen LogP contribution is 2.37. The lowest BCUT2D eigenvalue weighted by atomic mass is 10.0. The molecule has 2 aromatic carbocycles. The zero-order valence-corrected chi connectivity index (χ0v) is 18.2. The van der Waals surface area contributed by atoms with Crippen molar-refractivity contribution in [1.82, 2.24) is 9.80 Å². The minimum absolute atomic E-state index is 0.156. The number of anilines is 2. The Morgan fingerprint density at radius 2 is 1.65 bits per heavy atom. The monoisotopic (exact) mass is 424 g/mol. The number of phenolic OH excluding ortho intramolecular Hbond substituents is 1. The van der Waals surface area contributed by atoms with Crippen LogP contribution in [-0.4, -0.2) is 86.4 Å². The Balaban J connectivity index is 1.40. The van der Waals surface area contributed by atoms with Crippen LogP contribution in [0.25, 0.3) is 11.1 Å². The molecule has 0 bridgehead atoms. The molecule has 0 aromatic heterocycles. The molecule has 0 aliphatic carbocycles. The van der Waals surface area contributed by atoms with Gasteiger partial charge in [0.25, 0.3) is 0 Å². The largest absolute Gasteiger partial charge is 0.507 e. The van der Waals surface area contributed by atoms with Crippen LogP contribution >= 0.6 is 0 Å². The maximum atomic E-state index is 11.6. The van der Waals surface area contributed by atoms with Gasteiger partial charge in [-0.05, 0) is 29.8 Å². The predicted octanol–water partition coefficient (Wildman–Crippen LogP) is 2.47. The molecule has 7 heteroatoms.